The molecule has 0 spiro atoms. The third-order valence-electron chi connectivity index (χ3n) is 2.62. The molecule has 2 aromatic rings. The molecule has 0 aliphatic carbocycles. The summed E-state index contributed by atoms with van der Waals surface area (Å²) in [7, 11) is 0. The van der Waals surface area contributed by atoms with Crippen LogP contribution in [0.25, 0.3) is 0 Å². The fourth-order valence-electron chi connectivity index (χ4n) is 1.57. The Balaban J connectivity index is 2.16. The molecular weight excluding hydrogens is 226 g/mol. The van der Waals surface area contributed by atoms with E-state index in [0.717, 1.165) is 11.1 Å². The van der Waals surface area contributed by atoms with Crippen molar-refractivity contribution in [3.05, 3.63) is 47.4 Å². The molecule has 2 heterocycles. The Morgan fingerprint density at radius 3 is 3.00 bits per heavy atom. The predicted octanol–water partition coefficient (Wildman–Crippen LogP) is 1.85. The number of nitrogens with one attached hydrogen (secondary N) is 1. The molecule has 0 bridgehead atoms. The van der Waals surface area contributed by atoms with Crippen molar-refractivity contribution < 1.29 is 0 Å². The van der Waals surface area contributed by atoms with Crippen LogP contribution in [0.3, 0.4) is 0 Å². The molecule has 90 valence electrons. The molecule has 2 aromatic heterocycles. The van der Waals surface area contributed by atoms with E-state index in [4.69, 9.17) is 11.0 Å². The molecule has 0 unspecified atom stereocenters. The Kier molecular flexibility index (Phi) is 3.39. The van der Waals surface area contributed by atoms with Crippen molar-refractivity contribution in [2.24, 2.45) is 0 Å². The summed E-state index contributed by atoms with van der Waals surface area (Å²) in [5.41, 5.74) is 8.72. The topological polar surface area (TPSA) is 87.6 Å². The lowest BCUT2D eigenvalue weighted by Crippen LogP contribution is -2.05. The first-order valence-electron chi connectivity index (χ1n) is 5.49. The van der Waals surface area contributed by atoms with Crippen molar-refractivity contribution >= 4 is 11.5 Å². The summed E-state index contributed by atoms with van der Waals surface area (Å²) >= 11 is 0. The first kappa shape index (κ1) is 11.9. The van der Waals surface area contributed by atoms with E-state index in [1.165, 1.54) is 6.20 Å². The number of pyridine rings is 2. The van der Waals surface area contributed by atoms with Gasteiger partial charge in [-0.25, -0.2) is 4.98 Å². The van der Waals surface area contributed by atoms with E-state index in [2.05, 4.69) is 21.4 Å². The maximum atomic E-state index is 9.00. The Bertz CT molecular complexity index is 601. The average Bonchev–Trinajstić information content (AvgIpc) is 2.39. The quantitative estimate of drug-likeness (QED) is 0.853. The van der Waals surface area contributed by atoms with Gasteiger partial charge >= 0.3 is 0 Å². The Labute approximate surface area is 105 Å². The Hall–Kier alpha value is -2.61. The van der Waals surface area contributed by atoms with Gasteiger partial charge in [0.2, 0.25) is 0 Å². The van der Waals surface area contributed by atoms with Crippen LogP contribution in [0.2, 0.25) is 0 Å². The highest BCUT2D eigenvalue weighted by Crippen LogP contribution is 2.15. The van der Waals surface area contributed by atoms with Crippen LogP contribution >= 0.6 is 0 Å². The van der Waals surface area contributed by atoms with Gasteiger partial charge in [-0.15, -0.1) is 0 Å². The fraction of sp³-hybridized carbons (Fsp3) is 0.154. The van der Waals surface area contributed by atoms with E-state index in [0.29, 0.717) is 23.6 Å². The Morgan fingerprint density at radius 1 is 1.44 bits per heavy atom. The molecule has 0 amide bonds. The summed E-state index contributed by atoms with van der Waals surface area (Å²) in [6.07, 6.45) is 5.08. The zero-order chi connectivity index (χ0) is 13.0. The van der Waals surface area contributed by atoms with Crippen LogP contribution < -0.4 is 11.1 Å². The number of nitrogen functional groups attached to an aromatic ring is 1. The molecule has 0 saturated heterocycles. The van der Waals surface area contributed by atoms with E-state index < -0.39 is 0 Å². The van der Waals surface area contributed by atoms with Gasteiger partial charge in [-0.1, -0.05) is 0 Å². The molecule has 0 aliphatic heterocycles. The van der Waals surface area contributed by atoms with Gasteiger partial charge in [0.25, 0.3) is 0 Å². The second-order valence-corrected chi connectivity index (χ2v) is 3.93. The van der Waals surface area contributed by atoms with E-state index >= 15 is 0 Å². The van der Waals surface area contributed by atoms with Crippen molar-refractivity contribution in [3.63, 3.8) is 0 Å². The highest BCUT2D eigenvalue weighted by atomic mass is 15.0. The van der Waals surface area contributed by atoms with Crippen LogP contribution in [0.15, 0.2) is 30.7 Å². The number of nitrogens with two attached hydrogens (primary N) is 1. The van der Waals surface area contributed by atoms with Crippen LogP contribution in [0, 0.1) is 18.3 Å². The summed E-state index contributed by atoms with van der Waals surface area (Å²) in [6.45, 7) is 2.59. The largest absolute Gasteiger partial charge is 0.397 e. The number of aromatic nitrogens is 2. The van der Waals surface area contributed by atoms with Gasteiger partial charge in [0.1, 0.15) is 11.9 Å². The molecule has 0 atom stereocenters. The zero-order valence-electron chi connectivity index (χ0n) is 10.0. The van der Waals surface area contributed by atoms with Crippen LogP contribution in [0.4, 0.5) is 11.5 Å². The van der Waals surface area contributed by atoms with E-state index in [1.807, 2.05) is 13.0 Å². The molecule has 3 N–H and O–H groups in total. The molecule has 2 rings (SSSR count). The van der Waals surface area contributed by atoms with Crippen molar-refractivity contribution in [2.45, 2.75) is 13.5 Å². The summed E-state index contributed by atoms with van der Waals surface area (Å²) < 4.78 is 0. The second-order valence-electron chi connectivity index (χ2n) is 3.93. The number of anilines is 2. The molecule has 18 heavy (non-hydrogen) atoms. The van der Waals surface area contributed by atoms with Crippen LogP contribution in [-0.4, -0.2) is 9.97 Å². The van der Waals surface area contributed by atoms with Crippen molar-refractivity contribution in [1.82, 2.24) is 9.97 Å². The summed E-state index contributed by atoms with van der Waals surface area (Å²) in [4.78, 5) is 8.18. The van der Waals surface area contributed by atoms with Gasteiger partial charge in [-0.05, 0) is 30.2 Å². The minimum Gasteiger partial charge on any atom is -0.397 e. The van der Waals surface area contributed by atoms with Gasteiger partial charge in [0.15, 0.2) is 0 Å². The monoisotopic (exact) mass is 239 g/mol. The number of hydrogen-bond acceptors (Lipinski definition) is 5. The molecule has 0 fully saturated rings. The Morgan fingerprint density at radius 2 is 2.28 bits per heavy atom. The molecule has 0 aliphatic rings. The summed E-state index contributed by atoms with van der Waals surface area (Å²) in [6, 6.07) is 5.61. The lowest BCUT2D eigenvalue weighted by Gasteiger charge is -2.09. The van der Waals surface area contributed by atoms with Gasteiger partial charge in [0.05, 0.1) is 17.4 Å². The van der Waals surface area contributed by atoms with Crippen LogP contribution in [-0.2, 0) is 6.54 Å². The van der Waals surface area contributed by atoms with Gasteiger partial charge in [0, 0.05) is 18.9 Å². The third-order valence-corrected chi connectivity index (χ3v) is 2.62. The van der Waals surface area contributed by atoms with Crippen molar-refractivity contribution in [2.75, 3.05) is 11.1 Å². The smallest absolute Gasteiger partial charge is 0.144 e. The number of hydrogen-bond donors (Lipinski definition) is 2. The first-order chi connectivity index (χ1) is 8.70. The average molecular weight is 239 g/mol. The molecule has 0 aromatic carbocycles. The maximum absolute atomic E-state index is 9.00. The van der Waals surface area contributed by atoms with Crippen molar-refractivity contribution in [3.8, 4) is 6.07 Å². The molecule has 5 nitrogen and oxygen atoms in total. The van der Waals surface area contributed by atoms with Crippen molar-refractivity contribution in [1.29, 1.82) is 5.26 Å². The summed E-state index contributed by atoms with van der Waals surface area (Å²) in [5.74, 6) is 0.537. The molecule has 5 heteroatoms. The lowest BCUT2D eigenvalue weighted by atomic mass is 10.1. The van der Waals surface area contributed by atoms with Crippen LogP contribution in [0.5, 0.6) is 0 Å². The number of rotatable bonds is 3. The van der Waals surface area contributed by atoms with Crippen LogP contribution in [0.1, 0.15) is 16.7 Å². The highest BCUT2D eigenvalue weighted by molar-refractivity contribution is 5.57. The summed E-state index contributed by atoms with van der Waals surface area (Å²) in [5, 5.41) is 12.1. The fourth-order valence-corrected chi connectivity index (χ4v) is 1.57. The second kappa shape index (κ2) is 5.15. The molecule has 0 saturated carbocycles. The van der Waals surface area contributed by atoms with Gasteiger partial charge in [-0.3, -0.25) is 4.98 Å². The third kappa shape index (κ3) is 2.55. The maximum Gasteiger partial charge on any atom is 0.144 e. The normalized spacial score (nSPS) is 9.78. The van der Waals surface area contributed by atoms with Gasteiger partial charge < -0.3 is 11.1 Å². The van der Waals surface area contributed by atoms with E-state index in [1.54, 1.807) is 18.5 Å². The lowest BCUT2D eigenvalue weighted by molar-refractivity contribution is 1.06. The van der Waals surface area contributed by atoms with E-state index in [-0.39, 0.29) is 0 Å². The first-order valence-corrected chi connectivity index (χ1v) is 5.49. The number of aryl methyl sites for hydroxylation is 1. The molecule has 0 radical (unpaired) electrons. The minimum atomic E-state index is 0.441. The number of nitriles is 1. The van der Waals surface area contributed by atoms with E-state index in [9.17, 15) is 0 Å². The SMILES string of the molecule is Cc1ccncc1CNc1ncc(N)cc1C#N. The predicted molar refractivity (Wildman–Crippen MR) is 69.7 cm³/mol. The minimum absolute atomic E-state index is 0.441. The number of nitrogens with zero attached hydrogens (tertiary/aromatic N) is 3. The van der Waals surface area contributed by atoms with Gasteiger partial charge in [-0.2, -0.15) is 5.26 Å². The zero-order valence-corrected chi connectivity index (χ0v) is 10.0. The molecular formula is C13H13N5. The standard InChI is InChI=1S/C13H13N5/c1-9-2-3-16-6-11(9)7-17-13-10(5-14)4-12(15)8-18-13/h2-4,6,8H,7,15H2,1H3,(H,17,18). The highest BCUT2D eigenvalue weighted by Gasteiger charge is 2.04.